The minimum atomic E-state index is -0.437. The standard InChI is InChI=1S/C9H20N2O2/c1-9(2,3)8(12)13-11(5)7-6-10-4/h10H,6-7H2,1-5H3. The Balaban J connectivity index is 3.79. The van der Waals surface area contributed by atoms with E-state index in [4.69, 9.17) is 4.84 Å². The summed E-state index contributed by atoms with van der Waals surface area (Å²) >= 11 is 0. The van der Waals surface area contributed by atoms with E-state index in [1.807, 2.05) is 27.8 Å². The highest BCUT2D eigenvalue weighted by molar-refractivity contribution is 5.75. The zero-order valence-electron chi connectivity index (χ0n) is 9.18. The van der Waals surface area contributed by atoms with E-state index in [1.165, 1.54) is 0 Å². The van der Waals surface area contributed by atoms with Gasteiger partial charge in [0.25, 0.3) is 0 Å². The van der Waals surface area contributed by atoms with E-state index >= 15 is 0 Å². The molecule has 4 nitrogen and oxygen atoms in total. The van der Waals surface area contributed by atoms with Gasteiger partial charge < -0.3 is 10.2 Å². The summed E-state index contributed by atoms with van der Waals surface area (Å²) in [5, 5.41) is 4.52. The van der Waals surface area contributed by atoms with Gasteiger partial charge in [0.05, 0.1) is 5.41 Å². The number of hydrogen-bond donors (Lipinski definition) is 1. The number of hydroxylamine groups is 2. The van der Waals surface area contributed by atoms with Crippen LogP contribution in [-0.2, 0) is 9.63 Å². The van der Waals surface area contributed by atoms with Crippen LogP contribution in [0.4, 0.5) is 0 Å². The zero-order valence-corrected chi connectivity index (χ0v) is 9.18. The molecule has 78 valence electrons. The Morgan fingerprint density at radius 3 is 2.38 bits per heavy atom. The monoisotopic (exact) mass is 188 g/mol. The molecule has 0 saturated heterocycles. The lowest BCUT2D eigenvalue weighted by Crippen LogP contribution is -2.34. The SMILES string of the molecule is CNCCN(C)OC(=O)C(C)(C)C. The second-order valence-electron chi connectivity index (χ2n) is 4.08. The Bertz CT molecular complexity index is 163. The van der Waals surface area contributed by atoms with Crippen molar-refractivity contribution in [2.24, 2.45) is 5.41 Å². The Morgan fingerprint density at radius 2 is 2.00 bits per heavy atom. The highest BCUT2D eigenvalue weighted by Crippen LogP contribution is 2.15. The average molecular weight is 188 g/mol. The first kappa shape index (κ1) is 12.4. The third kappa shape index (κ3) is 5.60. The van der Waals surface area contributed by atoms with Crippen LogP contribution in [0, 0.1) is 5.41 Å². The van der Waals surface area contributed by atoms with Gasteiger partial charge in [-0.2, -0.15) is 0 Å². The summed E-state index contributed by atoms with van der Waals surface area (Å²) in [7, 11) is 3.61. The summed E-state index contributed by atoms with van der Waals surface area (Å²) in [6.07, 6.45) is 0. The molecule has 0 fully saturated rings. The van der Waals surface area contributed by atoms with Crippen molar-refractivity contribution in [3.63, 3.8) is 0 Å². The molecule has 0 aliphatic rings. The lowest BCUT2D eigenvalue weighted by Gasteiger charge is -2.21. The van der Waals surface area contributed by atoms with Crippen molar-refractivity contribution >= 4 is 5.97 Å². The van der Waals surface area contributed by atoms with Crippen molar-refractivity contribution in [3.8, 4) is 0 Å². The molecule has 0 amide bonds. The van der Waals surface area contributed by atoms with Crippen LogP contribution in [0.5, 0.6) is 0 Å². The molecular formula is C9H20N2O2. The van der Waals surface area contributed by atoms with Crippen molar-refractivity contribution in [2.45, 2.75) is 20.8 Å². The van der Waals surface area contributed by atoms with Crippen LogP contribution in [0.25, 0.3) is 0 Å². The Kier molecular flexibility index (Phi) is 4.95. The first-order valence-electron chi connectivity index (χ1n) is 4.46. The van der Waals surface area contributed by atoms with Crippen LogP contribution >= 0.6 is 0 Å². The summed E-state index contributed by atoms with van der Waals surface area (Å²) in [4.78, 5) is 16.4. The van der Waals surface area contributed by atoms with Gasteiger partial charge in [0.1, 0.15) is 0 Å². The van der Waals surface area contributed by atoms with Crippen molar-refractivity contribution in [1.29, 1.82) is 0 Å². The second kappa shape index (κ2) is 5.19. The number of likely N-dealkylation sites (N-methyl/N-ethyl adjacent to an activating group) is 2. The van der Waals surface area contributed by atoms with Crippen LogP contribution in [0.3, 0.4) is 0 Å². The molecule has 0 saturated carbocycles. The molecule has 0 bridgehead atoms. The maximum atomic E-state index is 11.4. The molecule has 4 heteroatoms. The molecule has 0 rings (SSSR count). The lowest BCUT2D eigenvalue weighted by atomic mass is 9.98. The van der Waals surface area contributed by atoms with Gasteiger partial charge in [-0.1, -0.05) is 0 Å². The van der Waals surface area contributed by atoms with Crippen LogP contribution < -0.4 is 5.32 Å². The number of nitrogens with one attached hydrogen (secondary N) is 1. The molecule has 0 atom stereocenters. The first-order valence-corrected chi connectivity index (χ1v) is 4.46. The predicted molar refractivity (Wildman–Crippen MR) is 52.1 cm³/mol. The molecule has 0 aliphatic carbocycles. The summed E-state index contributed by atoms with van der Waals surface area (Å²) in [5.41, 5.74) is -0.437. The van der Waals surface area contributed by atoms with Crippen molar-refractivity contribution < 1.29 is 9.63 Å². The van der Waals surface area contributed by atoms with Gasteiger partial charge in [-0.05, 0) is 27.8 Å². The molecular weight excluding hydrogens is 168 g/mol. The van der Waals surface area contributed by atoms with E-state index < -0.39 is 5.41 Å². The van der Waals surface area contributed by atoms with Crippen molar-refractivity contribution in [1.82, 2.24) is 10.4 Å². The predicted octanol–water partition coefficient (Wildman–Crippen LogP) is 0.642. The van der Waals surface area contributed by atoms with E-state index in [1.54, 1.807) is 12.1 Å². The minimum absolute atomic E-state index is 0.203. The molecule has 0 unspecified atom stereocenters. The first-order chi connectivity index (χ1) is 5.88. The van der Waals surface area contributed by atoms with Gasteiger partial charge in [0, 0.05) is 20.1 Å². The summed E-state index contributed by atoms with van der Waals surface area (Å²) in [5.74, 6) is -0.203. The Hall–Kier alpha value is -0.610. The van der Waals surface area contributed by atoms with Crippen LogP contribution in [-0.4, -0.2) is 38.2 Å². The van der Waals surface area contributed by atoms with Crippen LogP contribution in [0.15, 0.2) is 0 Å². The number of carbonyl (C=O) groups excluding carboxylic acids is 1. The van der Waals surface area contributed by atoms with Gasteiger partial charge in [-0.25, -0.2) is 4.79 Å². The third-order valence-electron chi connectivity index (χ3n) is 1.53. The molecule has 0 aromatic heterocycles. The van der Waals surface area contributed by atoms with Crippen molar-refractivity contribution in [2.75, 3.05) is 27.2 Å². The molecule has 0 aliphatic heterocycles. The quantitative estimate of drug-likeness (QED) is 0.657. The highest BCUT2D eigenvalue weighted by Gasteiger charge is 2.24. The Morgan fingerprint density at radius 1 is 1.46 bits per heavy atom. The fourth-order valence-corrected chi connectivity index (χ4v) is 0.593. The normalized spacial score (nSPS) is 11.8. The number of carbonyl (C=O) groups is 1. The van der Waals surface area contributed by atoms with Crippen LogP contribution in [0.1, 0.15) is 20.8 Å². The highest BCUT2D eigenvalue weighted by atomic mass is 16.7. The molecule has 1 N–H and O–H groups in total. The van der Waals surface area contributed by atoms with Gasteiger partial charge >= 0.3 is 5.97 Å². The summed E-state index contributed by atoms with van der Waals surface area (Å²) in [6, 6.07) is 0. The largest absolute Gasteiger partial charge is 0.368 e. The molecule has 0 radical (unpaired) electrons. The van der Waals surface area contributed by atoms with E-state index in [2.05, 4.69) is 5.32 Å². The number of nitrogens with zero attached hydrogens (tertiary/aromatic N) is 1. The topological polar surface area (TPSA) is 41.6 Å². The van der Waals surface area contributed by atoms with Gasteiger partial charge in [-0.3, -0.25) is 0 Å². The molecule has 0 aromatic carbocycles. The van der Waals surface area contributed by atoms with E-state index in [0.717, 1.165) is 6.54 Å². The fraction of sp³-hybridized carbons (Fsp3) is 0.889. The maximum Gasteiger partial charge on any atom is 0.330 e. The second-order valence-corrected chi connectivity index (χ2v) is 4.08. The van der Waals surface area contributed by atoms with Crippen LogP contribution in [0.2, 0.25) is 0 Å². The third-order valence-corrected chi connectivity index (χ3v) is 1.53. The van der Waals surface area contributed by atoms with E-state index in [0.29, 0.717) is 6.54 Å². The lowest BCUT2D eigenvalue weighted by molar-refractivity contribution is -0.193. The smallest absolute Gasteiger partial charge is 0.330 e. The zero-order chi connectivity index (χ0) is 10.5. The minimum Gasteiger partial charge on any atom is -0.368 e. The molecule has 0 heterocycles. The number of hydrogen-bond acceptors (Lipinski definition) is 4. The van der Waals surface area contributed by atoms with Gasteiger partial charge in [0.2, 0.25) is 0 Å². The number of rotatable bonds is 4. The average Bonchev–Trinajstić information content (AvgIpc) is 1.99. The Labute approximate surface area is 80.2 Å². The summed E-state index contributed by atoms with van der Waals surface area (Å²) < 4.78 is 0. The summed E-state index contributed by atoms with van der Waals surface area (Å²) in [6.45, 7) is 7.00. The maximum absolute atomic E-state index is 11.4. The van der Waals surface area contributed by atoms with E-state index in [-0.39, 0.29) is 5.97 Å². The van der Waals surface area contributed by atoms with Crippen molar-refractivity contribution in [3.05, 3.63) is 0 Å². The fourth-order valence-electron chi connectivity index (χ4n) is 0.593. The molecule has 0 aromatic rings. The molecule has 13 heavy (non-hydrogen) atoms. The van der Waals surface area contributed by atoms with E-state index in [9.17, 15) is 4.79 Å². The molecule has 0 spiro atoms. The van der Waals surface area contributed by atoms with Gasteiger partial charge in [-0.15, -0.1) is 5.06 Å². The van der Waals surface area contributed by atoms with Gasteiger partial charge in [0.15, 0.2) is 0 Å².